The second-order valence-corrected chi connectivity index (χ2v) is 6.92. The first-order valence-electron chi connectivity index (χ1n) is 5.70. The summed E-state index contributed by atoms with van der Waals surface area (Å²) in [6.45, 7) is 6.06. The Morgan fingerprint density at radius 1 is 1.50 bits per heavy atom. The normalized spacial score (nSPS) is 13.1. The zero-order chi connectivity index (χ0) is 13.4. The highest BCUT2D eigenvalue weighted by molar-refractivity contribution is 7.98. The van der Waals surface area contributed by atoms with Gasteiger partial charge in [-0.3, -0.25) is 9.36 Å². The fraction of sp³-hybridized carbons (Fsp3) is 0.500. The maximum atomic E-state index is 12.6. The minimum atomic E-state index is 0.0390. The number of thioether (sulfide) groups is 1. The SMILES string of the molecule is CSCC(C)n1c(=S)[nH]c2sc(C)c(C)c2c1=O. The molecule has 1 N–H and O–H groups in total. The van der Waals surface area contributed by atoms with E-state index in [1.54, 1.807) is 27.7 Å². The van der Waals surface area contributed by atoms with Gasteiger partial charge in [-0.25, -0.2) is 0 Å². The predicted octanol–water partition coefficient (Wildman–Crippen LogP) is 3.66. The molecular formula is C12H16N2OS3. The van der Waals surface area contributed by atoms with E-state index in [9.17, 15) is 4.79 Å². The standard InChI is InChI=1S/C12H16N2OS3/c1-6(5-17-4)14-11(15)9-7(2)8(3)18-10(9)13-12(14)16/h6H,5H2,1-4H3,(H,13,16). The minimum Gasteiger partial charge on any atom is -0.323 e. The maximum Gasteiger partial charge on any atom is 0.263 e. The summed E-state index contributed by atoms with van der Waals surface area (Å²) in [5.74, 6) is 0.880. The molecular weight excluding hydrogens is 284 g/mol. The Hall–Kier alpha value is -0.590. The molecule has 0 saturated carbocycles. The van der Waals surface area contributed by atoms with Crippen LogP contribution in [0.5, 0.6) is 0 Å². The molecule has 2 aromatic heterocycles. The van der Waals surface area contributed by atoms with E-state index in [1.807, 2.05) is 27.0 Å². The van der Waals surface area contributed by atoms with E-state index in [0.717, 1.165) is 21.5 Å². The summed E-state index contributed by atoms with van der Waals surface area (Å²) < 4.78 is 2.23. The van der Waals surface area contributed by atoms with Crippen molar-refractivity contribution in [2.45, 2.75) is 26.8 Å². The van der Waals surface area contributed by atoms with Crippen molar-refractivity contribution in [3.05, 3.63) is 25.6 Å². The number of aromatic amines is 1. The molecule has 0 aliphatic heterocycles. The van der Waals surface area contributed by atoms with Crippen LogP contribution in [0, 0.1) is 18.6 Å². The number of nitrogens with one attached hydrogen (secondary N) is 1. The Morgan fingerprint density at radius 2 is 2.17 bits per heavy atom. The molecule has 18 heavy (non-hydrogen) atoms. The first-order chi connectivity index (χ1) is 8.47. The molecule has 0 aliphatic carbocycles. The highest BCUT2D eigenvalue weighted by Gasteiger charge is 2.15. The van der Waals surface area contributed by atoms with E-state index >= 15 is 0 Å². The van der Waals surface area contributed by atoms with Gasteiger partial charge in [0.25, 0.3) is 5.56 Å². The summed E-state index contributed by atoms with van der Waals surface area (Å²) >= 11 is 8.63. The number of rotatable bonds is 3. The second-order valence-electron chi connectivity index (χ2n) is 4.40. The Bertz CT molecular complexity index is 696. The summed E-state index contributed by atoms with van der Waals surface area (Å²) in [6.07, 6.45) is 2.03. The number of nitrogens with zero attached hydrogens (tertiary/aromatic N) is 1. The van der Waals surface area contributed by atoms with Crippen molar-refractivity contribution in [1.82, 2.24) is 9.55 Å². The Kier molecular flexibility index (Phi) is 3.99. The lowest BCUT2D eigenvalue weighted by Gasteiger charge is -2.14. The molecule has 2 heterocycles. The summed E-state index contributed by atoms with van der Waals surface area (Å²) in [7, 11) is 0. The van der Waals surface area contributed by atoms with Crippen molar-refractivity contribution >= 4 is 45.5 Å². The zero-order valence-corrected chi connectivity index (χ0v) is 13.3. The van der Waals surface area contributed by atoms with Gasteiger partial charge in [0.1, 0.15) is 4.83 Å². The summed E-state index contributed by atoms with van der Waals surface area (Å²) in [5.41, 5.74) is 1.11. The van der Waals surface area contributed by atoms with Crippen LogP contribution in [-0.2, 0) is 0 Å². The van der Waals surface area contributed by atoms with Crippen molar-refractivity contribution < 1.29 is 0 Å². The van der Waals surface area contributed by atoms with Gasteiger partial charge in [0, 0.05) is 16.7 Å². The van der Waals surface area contributed by atoms with Crippen LogP contribution in [0.15, 0.2) is 4.79 Å². The van der Waals surface area contributed by atoms with Gasteiger partial charge in [-0.2, -0.15) is 11.8 Å². The van der Waals surface area contributed by atoms with Crippen molar-refractivity contribution in [3.63, 3.8) is 0 Å². The van der Waals surface area contributed by atoms with Gasteiger partial charge in [-0.1, -0.05) is 0 Å². The molecule has 1 atom stereocenters. The van der Waals surface area contributed by atoms with Crippen LogP contribution in [0.4, 0.5) is 0 Å². The lowest BCUT2D eigenvalue weighted by molar-refractivity contribution is 0.574. The van der Waals surface area contributed by atoms with Crippen LogP contribution in [0.2, 0.25) is 0 Å². The number of H-pyrrole nitrogens is 1. The number of fused-ring (bicyclic) bond motifs is 1. The molecule has 0 amide bonds. The van der Waals surface area contributed by atoms with E-state index in [1.165, 1.54) is 4.88 Å². The van der Waals surface area contributed by atoms with Crippen LogP contribution < -0.4 is 5.56 Å². The average molecular weight is 300 g/mol. The van der Waals surface area contributed by atoms with Gasteiger partial charge in [-0.15, -0.1) is 11.3 Å². The lowest BCUT2D eigenvalue weighted by Crippen LogP contribution is -2.26. The fourth-order valence-electron chi connectivity index (χ4n) is 2.06. The van der Waals surface area contributed by atoms with Crippen molar-refractivity contribution in [1.29, 1.82) is 0 Å². The fourth-order valence-corrected chi connectivity index (χ4v) is 4.17. The Balaban J connectivity index is 2.80. The summed E-state index contributed by atoms with van der Waals surface area (Å²) in [6, 6.07) is 0.111. The number of thiophene rings is 1. The molecule has 0 bridgehead atoms. The zero-order valence-electron chi connectivity index (χ0n) is 10.9. The number of aromatic nitrogens is 2. The van der Waals surface area contributed by atoms with Gasteiger partial charge < -0.3 is 4.98 Å². The predicted molar refractivity (Wildman–Crippen MR) is 83.8 cm³/mol. The topological polar surface area (TPSA) is 37.8 Å². The van der Waals surface area contributed by atoms with Crippen LogP contribution >= 0.6 is 35.3 Å². The van der Waals surface area contributed by atoms with Crippen molar-refractivity contribution in [3.8, 4) is 0 Å². The summed E-state index contributed by atoms with van der Waals surface area (Å²) in [4.78, 5) is 17.8. The molecule has 98 valence electrons. The molecule has 0 aromatic carbocycles. The second kappa shape index (κ2) is 5.19. The smallest absolute Gasteiger partial charge is 0.263 e. The van der Waals surface area contributed by atoms with Crippen LogP contribution in [0.25, 0.3) is 10.2 Å². The molecule has 0 aliphatic rings. The van der Waals surface area contributed by atoms with Crippen molar-refractivity contribution in [2.24, 2.45) is 0 Å². The molecule has 1 unspecified atom stereocenters. The van der Waals surface area contributed by atoms with Gasteiger partial charge in [-0.05, 0) is 44.8 Å². The number of hydrogen-bond donors (Lipinski definition) is 1. The number of hydrogen-bond acceptors (Lipinski definition) is 4. The molecule has 0 saturated heterocycles. The number of aryl methyl sites for hydroxylation is 2. The molecule has 0 spiro atoms. The molecule has 6 heteroatoms. The Labute approximate surface area is 119 Å². The summed E-state index contributed by atoms with van der Waals surface area (Å²) in [5, 5.41) is 0.791. The van der Waals surface area contributed by atoms with E-state index < -0.39 is 0 Å². The quantitative estimate of drug-likeness (QED) is 0.879. The van der Waals surface area contributed by atoms with Gasteiger partial charge in [0.15, 0.2) is 4.77 Å². The average Bonchev–Trinajstić information content (AvgIpc) is 2.54. The molecule has 0 radical (unpaired) electrons. The highest BCUT2D eigenvalue weighted by Crippen LogP contribution is 2.26. The van der Waals surface area contributed by atoms with Crippen molar-refractivity contribution in [2.75, 3.05) is 12.0 Å². The molecule has 2 aromatic rings. The maximum absolute atomic E-state index is 12.6. The highest BCUT2D eigenvalue weighted by atomic mass is 32.2. The monoisotopic (exact) mass is 300 g/mol. The molecule has 2 rings (SSSR count). The van der Waals surface area contributed by atoms with Gasteiger partial charge in [0.2, 0.25) is 0 Å². The van der Waals surface area contributed by atoms with E-state index in [2.05, 4.69) is 4.98 Å². The third-order valence-corrected chi connectivity index (χ3v) is 5.34. The lowest BCUT2D eigenvalue weighted by atomic mass is 10.2. The van der Waals surface area contributed by atoms with Crippen LogP contribution in [0.1, 0.15) is 23.4 Å². The molecule has 3 nitrogen and oxygen atoms in total. The third-order valence-electron chi connectivity index (χ3n) is 3.11. The van der Waals surface area contributed by atoms with E-state index in [-0.39, 0.29) is 11.6 Å². The molecule has 0 fully saturated rings. The van der Waals surface area contributed by atoms with Crippen LogP contribution in [0.3, 0.4) is 0 Å². The Morgan fingerprint density at radius 3 is 2.78 bits per heavy atom. The first-order valence-corrected chi connectivity index (χ1v) is 8.32. The van der Waals surface area contributed by atoms with Gasteiger partial charge >= 0.3 is 0 Å². The van der Waals surface area contributed by atoms with E-state index in [4.69, 9.17) is 12.2 Å². The van der Waals surface area contributed by atoms with Gasteiger partial charge in [0.05, 0.1) is 5.39 Å². The van der Waals surface area contributed by atoms with E-state index in [0.29, 0.717) is 4.77 Å². The third kappa shape index (κ3) is 2.17. The first kappa shape index (κ1) is 13.8. The van der Waals surface area contributed by atoms with Crippen LogP contribution in [-0.4, -0.2) is 21.6 Å². The largest absolute Gasteiger partial charge is 0.323 e. The minimum absolute atomic E-state index is 0.0390.